The van der Waals surface area contributed by atoms with Crippen molar-refractivity contribution in [1.29, 1.82) is 0 Å². The smallest absolute Gasteiger partial charge is 0.417 e. The maximum Gasteiger partial charge on any atom is 0.417 e. The van der Waals surface area contributed by atoms with Crippen LogP contribution in [0.4, 0.5) is 18.9 Å². The second-order valence-corrected chi connectivity index (χ2v) is 8.91. The van der Waals surface area contributed by atoms with Gasteiger partial charge in [0.05, 0.1) is 35.3 Å². The number of benzene rings is 2. The molecule has 0 fully saturated rings. The second kappa shape index (κ2) is 10.1. The number of alkyl halides is 3. The Kier molecular flexibility index (Phi) is 7.17. The number of esters is 1. The van der Waals surface area contributed by atoms with Gasteiger partial charge in [-0.1, -0.05) is 29.8 Å². The highest BCUT2D eigenvalue weighted by atomic mass is 35.5. The fourth-order valence-electron chi connectivity index (χ4n) is 3.99. The molecule has 0 amide bonds. The maximum atomic E-state index is 13.2. The van der Waals surface area contributed by atoms with Gasteiger partial charge in [0.25, 0.3) is 0 Å². The van der Waals surface area contributed by atoms with E-state index in [-0.39, 0.29) is 18.0 Å². The van der Waals surface area contributed by atoms with Crippen molar-refractivity contribution in [2.45, 2.75) is 32.5 Å². The van der Waals surface area contributed by atoms with Crippen LogP contribution in [-0.4, -0.2) is 23.8 Å². The molecule has 1 aliphatic carbocycles. The number of nitrogens with one attached hydrogen (secondary N) is 1. The number of methoxy groups -OCH3 is 1. The number of carbonyl (C=O) groups excluding carboxylic acids is 2. The van der Waals surface area contributed by atoms with Crippen molar-refractivity contribution >= 4 is 35.1 Å². The van der Waals surface area contributed by atoms with Crippen LogP contribution in [0, 0.1) is 6.92 Å². The summed E-state index contributed by atoms with van der Waals surface area (Å²) >= 11 is 5.66. The van der Waals surface area contributed by atoms with Crippen LogP contribution in [0.25, 0.3) is 6.08 Å². The Bertz CT molecular complexity index is 1380. The first-order valence-corrected chi connectivity index (χ1v) is 11.4. The average molecular weight is 515 g/mol. The van der Waals surface area contributed by atoms with E-state index < -0.39 is 22.5 Å². The van der Waals surface area contributed by atoms with Crippen molar-refractivity contribution in [3.63, 3.8) is 0 Å². The number of Topliss-reactive ketones (excluding diaryl/α,β-unsaturated/α-hetero) is 1. The number of ether oxygens (including phenoxy) is 1. The molecule has 0 unspecified atom stereocenters. The minimum Gasteiger partial charge on any atom is -0.466 e. The number of rotatable bonds is 7. The van der Waals surface area contributed by atoms with Crippen LogP contribution < -0.4 is 5.32 Å². The zero-order valence-corrected chi connectivity index (χ0v) is 20.3. The summed E-state index contributed by atoms with van der Waals surface area (Å²) in [6.07, 6.45) is -0.811. The lowest BCUT2D eigenvalue weighted by atomic mass is 9.98. The van der Waals surface area contributed by atoms with Crippen LogP contribution in [-0.2, 0) is 35.1 Å². The molecule has 0 spiro atoms. The highest BCUT2D eigenvalue weighted by molar-refractivity contribution is 6.31. The zero-order valence-electron chi connectivity index (χ0n) is 19.5. The van der Waals surface area contributed by atoms with E-state index in [1.807, 2.05) is 25.1 Å². The Balaban J connectivity index is 1.46. The van der Waals surface area contributed by atoms with Crippen molar-refractivity contribution in [2.24, 2.45) is 0 Å². The summed E-state index contributed by atoms with van der Waals surface area (Å²) in [7, 11) is 1.34. The monoisotopic (exact) mass is 514 g/mol. The van der Waals surface area contributed by atoms with E-state index in [1.54, 1.807) is 18.3 Å². The van der Waals surface area contributed by atoms with E-state index in [2.05, 4.69) is 10.3 Å². The van der Waals surface area contributed by atoms with Crippen molar-refractivity contribution in [2.75, 3.05) is 12.4 Å². The molecule has 0 saturated heterocycles. The summed E-state index contributed by atoms with van der Waals surface area (Å²) in [5, 5.41) is 2.86. The van der Waals surface area contributed by atoms with Gasteiger partial charge < -0.3 is 10.1 Å². The van der Waals surface area contributed by atoms with Crippen LogP contribution in [0.3, 0.4) is 0 Å². The highest BCUT2D eigenvalue weighted by Crippen LogP contribution is 2.35. The molecule has 186 valence electrons. The largest absolute Gasteiger partial charge is 0.466 e. The molecule has 3 aromatic rings. The predicted molar refractivity (Wildman–Crippen MR) is 131 cm³/mol. The van der Waals surface area contributed by atoms with Gasteiger partial charge in [0.2, 0.25) is 0 Å². The summed E-state index contributed by atoms with van der Waals surface area (Å²) in [6.45, 7) is 2.38. The van der Waals surface area contributed by atoms with Crippen LogP contribution in [0.2, 0.25) is 5.02 Å². The molecular formula is C27H22ClF3N2O3. The third-order valence-corrected chi connectivity index (χ3v) is 6.32. The molecule has 2 aromatic carbocycles. The lowest BCUT2D eigenvalue weighted by Crippen LogP contribution is -2.10. The Morgan fingerprint density at radius 3 is 2.64 bits per heavy atom. The van der Waals surface area contributed by atoms with Gasteiger partial charge in [-0.15, -0.1) is 0 Å². The lowest BCUT2D eigenvalue weighted by Gasteiger charge is -2.13. The van der Waals surface area contributed by atoms with Crippen molar-refractivity contribution < 1.29 is 27.5 Å². The molecule has 4 rings (SSSR count). The minimum atomic E-state index is -4.64. The summed E-state index contributed by atoms with van der Waals surface area (Å²) in [6, 6.07) is 10.6. The first-order valence-electron chi connectivity index (χ1n) is 11.0. The van der Waals surface area contributed by atoms with E-state index in [0.717, 1.165) is 40.2 Å². The van der Waals surface area contributed by atoms with Gasteiger partial charge in [-0.05, 0) is 59.5 Å². The van der Waals surface area contributed by atoms with E-state index in [4.69, 9.17) is 16.3 Å². The molecule has 5 nitrogen and oxygen atoms in total. The van der Waals surface area contributed by atoms with Gasteiger partial charge in [-0.3, -0.25) is 9.78 Å². The second-order valence-electron chi connectivity index (χ2n) is 8.50. The van der Waals surface area contributed by atoms with E-state index in [9.17, 15) is 22.8 Å². The number of anilines is 1. The normalized spacial score (nSPS) is 12.7. The molecule has 1 heterocycles. The van der Waals surface area contributed by atoms with Crippen LogP contribution in [0.5, 0.6) is 0 Å². The quantitative estimate of drug-likeness (QED) is 0.300. The highest BCUT2D eigenvalue weighted by Gasteiger charge is 2.33. The standard InChI is InChI=1S/C27H22ClF3N2O3/c1-15-3-4-16(8-25(34)17-5-6-23(28)22(11-17)27(29,30)31)7-20(15)13-32-21-10-18-9-19(26(35)36-2)12-24(18)33-14-21/h3-7,9-11,14,32H,8,12-13H2,1-2H3. The van der Waals surface area contributed by atoms with Gasteiger partial charge >= 0.3 is 12.1 Å². The molecule has 0 bridgehead atoms. The van der Waals surface area contributed by atoms with Crippen LogP contribution in [0.1, 0.15) is 43.9 Å². The molecule has 0 aliphatic heterocycles. The minimum absolute atomic E-state index is 0.0458. The number of pyridine rings is 1. The Morgan fingerprint density at radius 2 is 1.92 bits per heavy atom. The molecule has 0 saturated carbocycles. The van der Waals surface area contributed by atoms with E-state index >= 15 is 0 Å². The van der Waals surface area contributed by atoms with Gasteiger partial charge in [0.1, 0.15) is 0 Å². The number of nitrogens with zero attached hydrogens (tertiary/aromatic N) is 1. The molecule has 36 heavy (non-hydrogen) atoms. The molecule has 1 aliphatic rings. The number of hydrogen-bond donors (Lipinski definition) is 1. The topological polar surface area (TPSA) is 68.3 Å². The molecule has 0 atom stereocenters. The van der Waals surface area contributed by atoms with Gasteiger partial charge in [-0.25, -0.2) is 4.79 Å². The third kappa shape index (κ3) is 5.60. The number of fused-ring (bicyclic) bond motifs is 1. The SMILES string of the molecule is COC(=O)C1=Cc2cc(NCc3cc(CC(=O)c4ccc(Cl)c(C(F)(F)F)c4)ccc3C)cnc2C1. The summed E-state index contributed by atoms with van der Waals surface area (Å²) in [5.41, 5.74) is 4.49. The Hall–Kier alpha value is -3.65. The molecule has 1 aromatic heterocycles. The fraction of sp³-hybridized carbons (Fsp3) is 0.222. The molecule has 0 radical (unpaired) electrons. The van der Waals surface area contributed by atoms with Crippen molar-refractivity contribution in [3.05, 3.63) is 98.3 Å². The Morgan fingerprint density at radius 1 is 1.14 bits per heavy atom. The van der Waals surface area contributed by atoms with Gasteiger partial charge in [-0.2, -0.15) is 13.2 Å². The molecule has 9 heteroatoms. The number of aryl methyl sites for hydroxylation is 1. The van der Waals surface area contributed by atoms with Crippen molar-refractivity contribution in [1.82, 2.24) is 4.98 Å². The summed E-state index contributed by atoms with van der Waals surface area (Å²) in [4.78, 5) is 28.9. The fourth-order valence-corrected chi connectivity index (χ4v) is 4.21. The number of carbonyl (C=O) groups is 2. The average Bonchev–Trinajstić information content (AvgIpc) is 3.27. The molecule has 1 N–H and O–H groups in total. The van der Waals surface area contributed by atoms with E-state index in [1.165, 1.54) is 13.2 Å². The molecular weight excluding hydrogens is 493 g/mol. The first kappa shape index (κ1) is 25.4. The number of aromatic nitrogens is 1. The summed E-state index contributed by atoms with van der Waals surface area (Å²) < 4.78 is 44.2. The van der Waals surface area contributed by atoms with Gasteiger partial charge in [0.15, 0.2) is 5.78 Å². The van der Waals surface area contributed by atoms with Crippen LogP contribution >= 0.6 is 11.6 Å². The predicted octanol–water partition coefficient (Wildman–Crippen LogP) is 6.21. The van der Waals surface area contributed by atoms with Gasteiger partial charge in [0, 0.05) is 30.5 Å². The lowest BCUT2D eigenvalue weighted by molar-refractivity contribution is -0.137. The number of hydrogen-bond acceptors (Lipinski definition) is 5. The van der Waals surface area contributed by atoms with Crippen LogP contribution in [0.15, 0.2) is 54.2 Å². The van der Waals surface area contributed by atoms with Crippen molar-refractivity contribution in [3.8, 4) is 0 Å². The maximum absolute atomic E-state index is 13.2. The zero-order chi connectivity index (χ0) is 26.0. The number of ketones is 1. The third-order valence-electron chi connectivity index (χ3n) is 5.99. The summed E-state index contributed by atoms with van der Waals surface area (Å²) in [5.74, 6) is -0.811. The number of halogens is 4. The first-order chi connectivity index (χ1) is 17.0. The van der Waals surface area contributed by atoms with E-state index in [0.29, 0.717) is 24.1 Å². The Labute approximate surface area is 211 Å².